The van der Waals surface area contributed by atoms with Gasteiger partial charge in [0.15, 0.2) is 0 Å². The molecule has 2 aromatic heterocycles. The Morgan fingerprint density at radius 2 is 0.882 bits per heavy atom. The predicted octanol–water partition coefficient (Wildman–Crippen LogP) is 9.98. The molecule has 4 heterocycles. The van der Waals surface area contributed by atoms with Crippen LogP contribution in [-0.4, -0.2) is 93.7 Å². The van der Waals surface area contributed by atoms with Gasteiger partial charge in [-0.2, -0.15) is 0 Å². The van der Waals surface area contributed by atoms with Crippen LogP contribution in [0.25, 0.3) is 44.3 Å². The van der Waals surface area contributed by atoms with Gasteiger partial charge in [-0.15, -0.1) is 12.4 Å². The van der Waals surface area contributed by atoms with Crippen molar-refractivity contribution in [3.8, 4) is 22.5 Å². The van der Waals surface area contributed by atoms with E-state index in [1.165, 1.54) is 7.94 Å². The topological polar surface area (TPSA) is 126 Å². The van der Waals surface area contributed by atoms with E-state index in [1.54, 1.807) is 59.5 Å². The second-order valence-corrected chi connectivity index (χ2v) is 21.1. The molecular formula is C53H55ClN6O6S2. The van der Waals surface area contributed by atoms with E-state index < -0.39 is 25.6 Å². The number of nitrogens with one attached hydrogen (secondary N) is 1. The van der Waals surface area contributed by atoms with E-state index in [4.69, 9.17) is 4.74 Å². The second kappa shape index (κ2) is 19.9. The lowest BCUT2D eigenvalue weighted by Crippen LogP contribution is -2.50. The summed E-state index contributed by atoms with van der Waals surface area (Å²) in [6.45, 7) is 11.5. The number of hydrogen-bond acceptors (Lipinski definition) is 9. The van der Waals surface area contributed by atoms with Gasteiger partial charge in [-0.25, -0.2) is 29.6 Å². The maximum absolute atomic E-state index is 13.9. The molecular weight excluding hydrogens is 916 g/mol. The van der Waals surface area contributed by atoms with Crippen molar-refractivity contribution in [2.45, 2.75) is 36.2 Å². The Labute approximate surface area is 404 Å². The van der Waals surface area contributed by atoms with E-state index in [0.717, 1.165) is 59.5 Å². The van der Waals surface area contributed by atoms with Crippen LogP contribution in [0.2, 0.25) is 0 Å². The van der Waals surface area contributed by atoms with E-state index >= 15 is 0 Å². The number of carbonyl (C=O) groups is 1. The molecule has 6 aromatic carbocycles. The second-order valence-electron chi connectivity index (χ2n) is 17.6. The Balaban J connectivity index is 0.000000185. The number of aromatic nitrogens is 2. The first-order valence-electron chi connectivity index (χ1n) is 22.5. The van der Waals surface area contributed by atoms with Crippen molar-refractivity contribution in [2.24, 2.45) is 0 Å². The summed E-state index contributed by atoms with van der Waals surface area (Å²) in [7, 11) is -7.62. The molecule has 0 aliphatic carbocycles. The zero-order valence-electron chi connectivity index (χ0n) is 38.2. The van der Waals surface area contributed by atoms with Gasteiger partial charge in [-0.1, -0.05) is 109 Å². The molecule has 0 unspecified atom stereocenters. The molecule has 10 rings (SSSR count). The van der Waals surface area contributed by atoms with E-state index in [2.05, 4.69) is 21.2 Å². The zero-order chi connectivity index (χ0) is 46.8. The van der Waals surface area contributed by atoms with Crippen LogP contribution in [0.3, 0.4) is 0 Å². The molecule has 68 heavy (non-hydrogen) atoms. The standard InChI is InChI=1S/C29H31N3O4S.C24H23N3O2S.ClH/c1-29(2,3)36-28(33)31-19-17-30(18-20-31)25-15-10-16-26-24(25)21-27(22-11-6-4-7-12-22)32(26)37(34,35)23-13-8-5-9-14-23;28-30(29,20-10-5-2-6-11-20)27-23-13-7-12-22(26-16-14-25-15-17-26)21(23)18-24(27)19-8-3-1-4-9-19;/h4-16,21H,17-20H2,1-3H3;1-13,18,25H,14-17H2;1H. The monoisotopic (exact) mass is 970 g/mol. The fourth-order valence-corrected chi connectivity index (χ4v) is 11.9. The number of ether oxygens (including phenoxy) is 1. The minimum atomic E-state index is -3.86. The van der Waals surface area contributed by atoms with Gasteiger partial charge >= 0.3 is 6.09 Å². The third-order valence-corrected chi connectivity index (χ3v) is 15.5. The molecule has 0 saturated carbocycles. The first-order chi connectivity index (χ1) is 32.3. The molecule has 0 atom stereocenters. The Morgan fingerprint density at radius 1 is 0.500 bits per heavy atom. The molecule has 0 bridgehead atoms. The number of fused-ring (bicyclic) bond motifs is 2. The van der Waals surface area contributed by atoms with E-state index in [-0.39, 0.29) is 28.3 Å². The Bertz CT molecular complexity index is 3240. The van der Waals surface area contributed by atoms with Crippen LogP contribution >= 0.6 is 12.4 Å². The predicted molar refractivity (Wildman–Crippen MR) is 275 cm³/mol. The lowest BCUT2D eigenvalue weighted by molar-refractivity contribution is 0.0240. The number of piperazine rings is 2. The highest BCUT2D eigenvalue weighted by Gasteiger charge is 2.30. The summed E-state index contributed by atoms with van der Waals surface area (Å²) in [5, 5.41) is 5.19. The van der Waals surface area contributed by atoms with Crippen LogP contribution in [0.1, 0.15) is 20.8 Å². The van der Waals surface area contributed by atoms with Crippen LogP contribution in [-0.2, 0) is 24.8 Å². The van der Waals surface area contributed by atoms with Gasteiger partial charge < -0.3 is 24.8 Å². The highest BCUT2D eigenvalue weighted by Crippen LogP contribution is 2.39. The fraction of sp³-hybridized carbons (Fsp3) is 0.226. The van der Waals surface area contributed by atoms with Gasteiger partial charge in [0, 0.05) is 74.5 Å². The maximum atomic E-state index is 13.9. The molecule has 352 valence electrons. The molecule has 2 aliphatic rings. The average Bonchev–Trinajstić information content (AvgIpc) is 3.96. The third-order valence-electron chi connectivity index (χ3n) is 12.0. The molecule has 2 aliphatic heterocycles. The Kier molecular flexibility index (Phi) is 14.0. The molecule has 12 nitrogen and oxygen atoms in total. The average molecular weight is 972 g/mol. The summed E-state index contributed by atoms with van der Waals surface area (Å²) >= 11 is 0. The summed E-state index contributed by atoms with van der Waals surface area (Å²) in [4.78, 5) is 19.3. The molecule has 2 fully saturated rings. The van der Waals surface area contributed by atoms with Crippen LogP contribution in [0.4, 0.5) is 16.2 Å². The van der Waals surface area contributed by atoms with Crippen LogP contribution in [0.5, 0.6) is 0 Å². The third kappa shape index (κ3) is 9.72. The van der Waals surface area contributed by atoms with Gasteiger partial charge in [0.05, 0.1) is 32.2 Å². The summed E-state index contributed by atoms with van der Waals surface area (Å²) in [5.74, 6) is 0. The summed E-state index contributed by atoms with van der Waals surface area (Å²) in [6.07, 6.45) is -0.308. The van der Waals surface area contributed by atoms with Gasteiger partial charge in [-0.05, 0) is 92.6 Å². The number of amides is 1. The van der Waals surface area contributed by atoms with Crippen molar-refractivity contribution in [3.63, 3.8) is 0 Å². The fourth-order valence-electron chi connectivity index (χ4n) is 8.83. The highest BCUT2D eigenvalue weighted by atomic mass is 35.5. The van der Waals surface area contributed by atoms with Gasteiger partial charge in [0.25, 0.3) is 20.0 Å². The smallest absolute Gasteiger partial charge is 0.410 e. The highest BCUT2D eigenvalue weighted by molar-refractivity contribution is 7.90. The summed E-state index contributed by atoms with van der Waals surface area (Å²) in [6, 6.07) is 52.1. The molecule has 2 saturated heterocycles. The summed E-state index contributed by atoms with van der Waals surface area (Å²) < 4.78 is 63.8. The maximum Gasteiger partial charge on any atom is 0.410 e. The molecule has 8 aromatic rings. The molecule has 0 spiro atoms. The molecule has 15 heteroatoms. The van der Waals surface area contributed by atoms with Crippen LogP contribution < -0.4 is 15.1 Å². The Hall–Kier alpha value is -6.58. The van der Waals surface area contributed by atoms with Crippen molar-refractivity contribution < 1.29 is 26.4 Å². The van der Waals surface area contributed by atoms with E-state index in [1.807, 2.05) is 130 Å². The van der Waals surface area contributed by atoms with Crippen molar-refractivity contribution in [1.29, 1.82) is 0 Å². The lowest BCUT2D eigenvalue weighted by atomic mass is 10.1. The van der Waals surface area contributed by atoms with Crippen molar-refractivity contribution in [3.05, 3.63) is 170 Å². The number of nitrogens with zero attached hydrogens (tertiary/aromatic N) is 5. The van der Waals surface area contributed by atoms with E-state index in [0.29, 0.717) is 48.6 Å². The number of anilines is 2. The summed E-state index contributed by atoms with van der Waals surface area (Å²) in [5.41, 5.74) is 5.79. The zero-order valence-corrected chi connectivity index (χ0v) is 40.7. The van der Waals surface area contributed by atoms with Gasteiger partial charge in [0.2, 0.25) is 0 Å². The van der Waals surface area contributed by atoms with Gasteiger partial charge in [0.1, 0.15) is 5.60 Å². The molecule has 1 amide bonds. The SMILES string of the molecule is CC(C)(C)OC(=O)N1CCN(c2cccc3c2cc(-c2ccccc2)n3S(=O)(=O)c2ccccc2)CC1.Cl.O=S(=O)(c1ccccc1)n1c(-c2ccccc2)cc2c(N3CCNCC3)cccc21. The minimum absolute atomic E-state index is 0. The van der Waals surface area contributed by atoms with Crippen LogP contribution in [0, 0.1) is 0 Å². The largest absolute Gasteiger partial charge is 0.444 e. The molecule has 1 N–H and O–H groups in total. The number of rotatable bonds is 8. The first-order valence-corrected chi connectivity index (χ1v) is 25.4. The van der Waals surface area contributed by atoms with Gasteiger partial charge in [-0.3, -0.25) is 0 Å². The normalized spacial score (nSPS) is 14.5. The van der Waals surface area contributed by atoms with Crippen molar-refractivity contribution >= 4 is 71.7 Å². The lowest BCUT2D eigenvalue weighted by Gasteiger charge is -2.37. The van der Waals surface area contributed by atoms with E-state index in [9.17, 15) is 21.6 Å². The first kappa shape index (κ1) is 47.9. The minimum Gasteiger partial charge on any atom is -0.444 e. The van der Waals surface area contributed by atoms with Crippen molar-refractivity contribution in [2.75, 3.05) is 62.2 Å². The quantitative estimate of drug-likeness (QED) is 0.158. The molecule has 0 radical (unpaired) electrons. The number of benzene rings is 6. The van der Waals surface area contributed by atoms with Crippen molar-refractivity contribution in [1.82, 2.24) is 18.2 Å². The number of halogens is 1. The number of hydrogen-bond donors (Lipinski definition) is 1. The Morgan fingerprint density at radius 3 is 1.28 bits per heavy atom. The van der Waals surface area contributed by atoms with Crippen LogP contribution in [0.15, 0.2) is 180 Å². The number of carbonyl (C=O) groups excluding carboxylic acids is 1.